The van der Waals surface area contributed by atoms with Gasteiger partial charge in [-0.1, -0.05) is 13.8 Å². The summed E-state index contributed by atoms with van der Waals surface area (Å²) in [6, 6.07) is -0.263. The first-order valence-electron chi connectivity index (χ1n) is 7.71. The van der Waals surface area contributed by atoms with Crippen LogP contribution in [0.25, 0.3) is 0 Å². The Labute approximate surface area is 126 Å². The number of hydrogen-bond donors (Lipinski definition) is 2. The molecule has 21 heavy (non-hydrogen) atoms. The van der Waals surface area contributed by atoms with Gasteiger partial charge in [0.05, 0.1) is 0 Å². The van der Waals surface area contributed by atoms with Gasteiger partial charge in [-0.25, -0.2) is 9.97 Å². The monoisotopic (exact) mass is 291 g/mol. The third kappa shape index (κ3) is 3.25. The van der Waals surface area contributed by atoms with Gasteiger partial charge >= 0.3 is 0 Å². The molecule has 6 heteroatoms. The van der Waals surface area contributed by atoms with Crippen LogP contribution in [0, 0.1) is 0 Å². The van der Waals surface area contributed by atoms with Gasteiger partial charge in [0.2, 0.25) is 5.91 Å². The molecule has 1 aromatic heterocycles. The quantitative estimate of drug-likeness (QED) is 0.865. The van der Waals surface area contributed by atoms with Crippen molar-refractivity contribution >= 4 is 17.5 Å². The number of aromatic nitrogens is 2. The number of nitrogens with one attached hydrogen (secondary N) is 1. The molecule has 1 atom stereocenters. The van der Waals surface area contributed by atoms with Gasteiger partial charge in [0, 0.05) is 18.7 Å². The van der Waals surface area contributed by atoms with Crippen LogP contribution >= 0.6 is 0 Å². The van der Waals surface area contributed by atoms with Gasteiger partial charge in [-0.3, -0.25) is 4.79 Å². The van der Waals surface area contributed by atoms with Crippen molar-refractivity contribution < 1.29 is 4.79 Å². The van der Waals surface area contributed by atoms with Crippen LogP contribution in [0.1, 0.15) is 51.5 Å². The molecule has 0 aliphatic carbocycles. The molecule has 0 aromatic carbocycles. The summed E-state index contributed by atoms with van der Waals surface area (Å²) in [7, 11) is 0. The Kier molecular flexibility index (Phi) is 4.98. The zero-order chi connectivity index (χ0) is 15.4. The molecule has 0 radical (unpaired) electrons. The predicted octanol–water partition coefficient (Wildman–Crippen LogP) is 1.88. The lowest BCUT2D eigenvalue weighted by Crippen LogP contribution is -2.48. The number of piperidine rings is 1. The normalized spacial score (nSPS) is 18.9. The smallest absolute Gasteiger partial charge is 0.240 e. The average molecular weight is 291 g/mol. The minimum Gasteiger partial charge on any atom is -0.370 e. The summed E-state index contributed by atoms with van der Waals surface area (Å²) in [6.45, 7) is 7.89. The fourth-order valence-corrected chi connectivity index (χ4v) is 2.94. The predicted molar refractivity (Wildman–Crippen MR) is 84.5 cm³/mol. The number of nitrogens with two attached hydrogens (primary N) is 1. The molecule has 0 saturated carbocycles. The number of amides is 1. The van der Waals surface area contributed by atoms with Crippen LogP contribution in [0.2, 0.25) is 0 Å². The first-order chi connectivity index (χ1) is 10.1. The summed E-state index contributed by atoms with van der Waals surface area (Å²) in [6.07, 6.45) is 4.45. The van der Waals surface area contributed by atoms with E-state index in [1.165, 1.54) is 0 Å². The highest BCUT2D eigenvalue weighted by atomic mass is 16.1. The van der Waals surface area contributed by atoms with Crippen molar-refractivity contribution in [2.75, 3.05) is 23.3 Å². The van der Waals surface area contributed by atoms with E-state index in [0.29, 0.717) is 0 Å². The molecule has 0 bridgehead atoms. The molecule has 1 aliphatic rings. The molecule has 1 unspecified atom stereocenters. The summed E-state index contributed by atoms with van der Waals surface area (Å²) in [4.78, 5) is 22.6. The number of anilines is 2. The van der Waals surface area contributed by atoms with E-state index in [2.05, 4.69) is 34.0 Å². The van der Waals surface area contributed by atoms with E-state index in [0.717, 1.165) is 49.6 Å². The largest absolute Gasteiger partial charge is 0.370 e. The van der Waals surface area contributed by atoms with Crippen molar-refractivity contribution in [1.82, 2.24) is 9.97 Å². The lowest BCUT2D eigenvalue weighted by atomic mass is 9.98. The van der Waals surface area contributed by atoms with Gasteiger partial charge in [0.25, 0.3) is 0 Å². The molecule has 0 spiro atoms. The van der Waals surface area contributed by atoms with Crippen molar-refractivity contribution in [3.63, 3.8) is 0 Å². The average Bonchev–Trinajstić information content (AvgIpc) is 2.47. The third-order valence-corrected chi connectivity index (χ3v) is 3.89. The van der Waals surface area contributed by atoms with Gasteiger partial charge in [0.1, 0.15) is 24.0 Å². The van der Waals surface area contributed by atoms with E-state index in [9.17, 15) is 4.79 Å². The molecule has 3 N–H and O–H groups in total. The zero-order valence-electron chi connectivity index (χ0n) is 13.1. The number of hydrogen-bond acceptors (Lipinski definition) is 5. The Balaban J connectivity index is 2.45. The maximum Gasteiger partial charge on any atom is 0.240 e. The molecule has 1 saturated heterocycles. The maximum atomic E-state index is 11.8. The molecule has 2 rings (SSSR count). The Morgan fingerprint density at radius 2 is 2.24 bits per heavy atom. The van der Waals surface area contributed by atoms with Gasteiger partial charge in [0.15, 0.2) is 0 Å². The van der Waals surface area contributed by atoms with Crippen LogP contribution in [0.15, 0.2) is 6.33 Å². The number of primary amides is 1. The molecule has 116 valence electrons. The first kappa shape index (κ1) is 15.5. The Hall–Kier alpha value is -1.85. The van der Waals surface area contributed by atoms with E-state index in [-0.39, 0.29) is 17.9 Å². The van der Waals surface area contributed by atoms with E-state index in [4.69, 9.17) is 5.73 Å². The van der Waals surface area contributed by atoms with Crippen LogP contribution < -0.4 is 16.0 Å². The summed E-state index contributed by atoms with van der Waals surface area (Å²) < 4.78 is 0. The van der Waals surface area contributed by atoms with Crippen LogP contribution in [0.5, 0.6) is 0 Å². The lowest BCUT2D eigenvalue weighted by Gasteiger charge is -2.36. The minimum atomic E-state index is -0.270. The Morgan fingerprint density at radius 3 is 2.86 bits per heavy atom. The molecule has 1 aliphatic heterocycles. The van der Waals surface area contributed by atoms with E-state index < -0.39 is 0 Å². The second-order valence-electron chi connectivity index (χ2n) is 5.75. The van der Waals surface area contributed by atoms with Crippen molar-refractivity contribution in [2.24, 2.45) is 5.73 Å². The molecule has 1 aromatic rings. The molecular weight excluding hydrogens is 266 g/mol. The number of carbonyl (C=O) groups excluding carboxylic acids is 1. The van der Waals surface area contributed by atoms with E-state index in [1.54, 1.807) is 6.33 Å². The van der Waals surface area contributed by atoms with Gasteiger partial charge < -0.3 is 16.0 Å². The fraction of sp³-hybridized carbons (Fsp3) is 0.667. The highest BCUT2D eigenvalue weighted by Crippen LogP contribution is 2.34. The second-order valence-corrected chi connectivity index (χ2v) is 5.75. The van der Waals surface area contributed by atoms with Crippen molar-refractivity contribution in [1.29, 1.82) is 0 Å². The highest BCUT2D eigenvalue weighted by Gasteiger charge is 2.31. The number of carbonyl (C=O) groups is 1. The van der Waals surface area contributed by atoms with Crippen molar-refractivity contribution in [3.8, 4) is 0 Å². The van der Waals surface area contributed by atoms with Crippen molar-refractivity contribution in [3.05, 3.63) is 11.9 Å². The summed E-state index contributed by atoms with van der Waals surface area (Å²) in [5.41, 5.74) is 6.64. The van der Waals surface area contributed by atoms with Gasteiger partial charge in [-0.05, 0) is 32.1 Å². The molecule has 1 fully saturated rings. The number of nitrogens with zero attached hydrogens (tertiary/aromatic N) is 3. The summed E-state index contributed by atoms with van der Waals surface area (Å²) in [5.74, 6) is 1.70. The summed E-state index contributed by atoms with van der Waals surface area (Å²) >= 11 is 0. The van der Waals surface area contributed by atoms with Gasteiger partial charge in [-0.15, -0.1) is 0 Å². The lowest BCUT2D eigenvalue weighted by molar-refractivity contribution is -0.119. The molecule has 2 heterocycles. The van der Waals surface area contributed by atoms with Crippen molar-refractivity contribution in [2.45, 2.75) is 52.0 Å². The molecular formula is C15H25N5O. The molecule has 1 amide bonds. The maximum absolute atomic E-state index is 11.8. The SMILES string of the molecule is CCNc1ncnc(N2CCCCC2C(N)=O)c1C(C)C. The fourth-order valence-electron chi connectivity index (χ4n) is 2.94. The van der Waals surface area contributed by atoms with Crippen LogP contribution in [-0.2, 0) is 4.79 Å². The zero-order valence-corrected chi connectivity index (χ0v) is 13.1. The highest BCUT2D eigenvalue weighted by molar-refractivity contribution is 5.84. The Bertz CT molecular complexity index is 503. The van der Waals surface area contributed by atoms with Crippen LogP contribution in [0.4, 0.5) is 11.6 Å². The van der Waals surface area contributed by atoms with E-state index >= 15 is 0 Å². The Morgan fingerprint density at radius 1 is 1.48 bits per heavy atom. The summed E-state index contributed by atoms with van der Waals surface area (Å²) in [5, 5.41) is 3.29. The third-order valence-electron chi connectivity index (χ3n) is 3.89. The minimum absolute atomic E-state index is 0.263. The number of rotatable bonds is 5. The van der Waals surface area contributed by atoms with Gasteiger partial charge in [-0.2, -0.15) is 0 Å². The topological polar surface area (TPSA) is 84.1 Å². The second kappa shape index (κ2) is 6.74. The van der Waals surface area contributed by atoms with Crippen LogP contribution in [-0.4, -0.2) is 35.0 Å². The molecule has 6 nitrogen and oxygen atoms in total. The van der Waals surface area contributed by atoms with Crippen LogP contribution in [0.3, 0.4) is 0 Å². The standard InChI is InChI=1S/C15H25N5O/c1-4-17-14-12(10(2)3)15(19-9-18-14)20-8-6-5-7-11(20)13(16)21/h9-11H,4-8H2,1-3H3,(H2,16,21)(H,17,18,19). The first-order valence-corrected chi connectivity index (χ1v) is 7.71. The van der Waals surface area contributed by atoms with E-state index in [1.807, 2.05) is 6.92 Å².